The quantitative estimate of drug-likeness (QED) is 0.300. The first-order valence-corrected chi connectivity index (χ1v) is 14.6. The summed E-state index contributed by atoms with van der Waals surface area (Å²) in [5.74, 6) is -0.593. The highest BCUT2D eigenvalue weighted by atomic mass is 32.2. The van der Waals surface area contributed by atoms with Crippen molar-refractivity contribution in [1.29, 1.82) is 0 Å². The molecule has 5 rings (SSSR count). The fraction of sp³-hybridized carbons (Fsp3) is 0.321. The molecule has 0 aliphatic carbocycles. The minimum absolute atomic E-state index is 0.206. The average Bonchev–Trinajstić information content (AvgIpc) is 2.90. The third-order valence-corrected chi connectivity index (χ3v) is 7.91. The number of nitrogens with zero attached hydrogens (tertiary/aromatic N) is 3. The highest BCUT2D eigenvalue weighted by Gasteiger charge is 2.20. The second-order valence-corrected chi connectivity index (χ2v) is 11.8. The first kappa shape index (κ1) is 26.8. The van der Waals surface area contributed by atoms with E-state index in [2.05, 4.69) is 25.3 Å². The van der Waals surface area contributed by atoms with Gasteiger partial charge in [-0.25, -0.2) is 17.8 Å². The van der Waals surface area contributed by atoms with Crippen LogP contribution in [-0.2, 0) is 15.8 Å². The first-order chi connectivity index (χ1) is 18.7. The highest BCUT2D eigenvalue weighted by molar-refractivity contribution is 7.91. The summed E-state index contributed by atoms with van der Waals surface area (Å²) in [6.07, 6.45) is 3.73. The van der Waals surface area contributed by atoms with E-state index >= 15 is 0 Å². The Kier molecular flexibility index (Phi) is 7.62. The van der Waals surface area contributed by atoms with E-state index in [0.29, 0.717) is 33.7 Å². The van der Waals surface area contributed by atoms with E-state index in [1.807, 2.05) is 13.8 Å². The first-order valence-electron chi connectivity index (χ1n) is 12.9. The topological polar surface area (TPSA) is 118 Å². The molecule has 0 saturated carbocycles. The van der Waals surface area contributed by atoms with Gasteiger partial charge in [-0.1, -0.05) is 36.4 Å². The Balaban J connectivity index is 1.50. The lowest BCUT2D eigenvalue weighted by atomic mass is 10.0. The number of sulfonamides is 1. The summed E-state index contributed by atoms with van der Waals surface area (Å²) in [6.45, 7) is 5.59. The molecule has 0 bridgehead atoms. The van der Waals surface area contributed by atoms with Gasteiger partial charge in [-0.15, -0.1) is 0 Å². The number of benzene rings is 2. The summed E-state index contributed by atoms with van der Waals surface area (Å²) < 4.78 is 44.1. The zero-order chi connectivity index (χ0) is 27.6. The lowest BCUT2D eigenvalue weighted by Gasteiger charge is -2.24. The minimum Gasteiger partial charge on any atom is -0.350 e. The predicted octanol–water partition coefficient (Wildman–Crippen LogP) is 4.28. The van der Waals surface area contributed by atoms with E-state index in [9.17, 15) is 17.6 Å². The molecule has 0 radical (unpaired) electrons. The van der Waals surface area contributed by atoms with Crippen LogP contribution in [0.2, 0.25) is 0 Å². The molecule has 204 valence electrons. The minimum atomic E-state index is -3.90. The van der Waals surface area contributed by atoms with Crippen molar-refractivity contribution in [3.05, 3.63) is 82.5 Å². The van der Waals surface area contributed by atoms with Gasteiger partial charge in [0, 0.05) is 35.8 Å². The fourth-order valence-electron chi connectivity index (χ4n) is 4.80. The van der Waals surface area contributed by atoms with Crippen LogP contribution in [0.5, 0.6) is 0 Å². The van der Waals surface area contributed by atoms with Crippen molar-refractivity contribution >= 4 is 32.7 Å². The van der Waals surface area contributed by atoms with Crippen LogP contribution >= 0.6 is 0 Å². The fourth-order valence-corrected chi connectivity index (χ4v) is 6.00. The molecule has 4 aromatic rings. The number of anilines is 2. The van der Waals surface area contributed by atoms with Crippen molar-refractivity contribution < 1.29 is 12.8 Å². The molecule has 2 aromatic carbocycles. The standard InChI is InChI=1S/C28H31FN6O3S/c1-18(2)35-26-21(15-31-28(33-26)32-22-9-6-12-30-16-22)13-23(27(35)36)20-10-11-24(29)25(14-20)34-39(37,38)17-19-7-4-3-5-8-19/h3-5,7-8,10-11,13-15,18,22,30,34H,6,9,12,16-17H2,1-2H3,(H,31,32,33). The zero-order valence-electron chi connectivity index (χ0n) is 21.8. The number of aromatic nitrogens is 3. The largest absolute Gasteiger partial charge is 0.350 e. The highest BCUT2D eigenvalue weighted by Crippen LogP contribution is 2.27. The lowest BCUT2D eigenvalue weighted by molar-refractivity contribution is 0.478. The molecule has 0 spiro atoms. The molecule has 39 heavy (non-hydrogen) atoms. The van der Waals surface area contributed by atoms with Crippen LogP contribution < -0.4 is 20.9 Å². The van der Waals surface area contributed by atoms with Crippen LogP contribution in [0.3, 0.4) is 0 Å². The SMILES string of the molecule is CC(C)n1c(=O)c(-c2ccc(F)c(NS(=O)(=O)Cc3ccccc3)c2)cc2cnc(NC3CCCNC3)nc21. The van der Waals surface area contributed by atoms with Crippen LogP contribution in [-0.4, -0.2) is 42.1 Å². The summed E-state index contributed by atoms with van der Waals surface area (Å²) in [5.41, 5.74) is 1.20. The number of hydrogen-bond donors (Lipinski definition) is 3. The van der Waals surface area contributed by atoms with Gasteiger partial charge in [0.15, 0.2) is 0 Å². The molecule has 11 heteroatoms. The molecule has 9 nitrogen and oxygen atoms in total. The van der Waals surface area contributed by atoms with Crippen LogP contribution in [0.1, 0.15) is 38.3 Å². The Morgan fingerprint density at radius 3 is 2.67 bits per heavy atom. The van der Waals surface area contributed by atoms with E-state index in [0.717, 1.165) is 32.0 Å². The van der Waals surface area contributed by atoms with Gasteiger partial charge in [0.05, 0.1) is 11.4 Å². The lowest BCUT2D eigenvalue weighted by Crippen LogP contribution is -2.38. The summed E-state index contributed by atoms with van der Waals surface area (Å²) in [4.78, 5) is 22.8. The summed E-state index contributed by atoms with van der Waals surface area (Å²) >= 11 is 0. The number of piperidine rings is 1. The second kappa shape index (κ2) is 11.1. The molecule has 1 atom stereocenters. The normalized spacial score (nSPS) is 15.9. The van der Waals surface area contributed by atoms with Gasteiger partial charge in [-0.3, -0.25) is 14.1 Å². The monoisotopic (exact) mass is 550 g/mol. The van der Waals surface area contributed by atoms with E-state index < -0.39 is 15.8 Å². The number of hydrogen-bond acceptors (Lipinski definition) is 7. The summed E-state index contributed by atoms with van der Waals surface area (Å²) in [7, 11) is -3.90. The number of fused-ring (bicyclic) bond motifs is 1. The maximum atomic E-state index is 14.7. The van der Waals surface area contributed by atoms with Crippen LogP contribution in [0, 0.1) is 5.82 Å². The molecule has 1 unspecified atom stereocenters. The van der Waals surface area contributed by atoms with Crippen molar-refractivity contribution in [3.63, 3.8) is 0 Å². The Morgan fingerprint density at radius 1 is 1.15 bits per heavy atom. The number of rotatable bonds is 8. The second-order valence-electron chi connectivity index (χ2n) is 10.0. The smallest absolute Gasteiger partial charge is 0.260 e. The van der Waals surface area contributed by atoms with Crippen LogP contribution in [0.25, 0.3) is 22.2 Å². The molecule has 0 amide bonds. The molecule has 3 N–H and O–H groups in total. The van der Waals surface area contributed by atoms with Crippen molar-refractivity contribution in [2.24, 2.45) is 0 Å². The maximum Gasteiger partial charge on any atom is 0.260 e. The Bertz CT molecular complexity index is 1650. The van der Waals surface area contributed by atoms with E-state index in [-0.39, 0.29) is 29.1 Å². The third kappa shape index (κ3) is 6.10. The molecule has 2 aromatic heterocycles. The zero-order valence-corrected chi connectivity index (χ0v) is 22.6. The van der Waals surface area contributed by atoms with Gasteiger partial charge < -0.3 is 10.6 Å². The predicted molar refractivity (Wildman–Crippen MR) is 152 cm³/mol. The van der Waals surface area contributed by atoms with Crippen LogP contribution in [0.15, 0.2) is 65.6 Å². The molecule has 1 aliphatic rings. The van der Waals surface area contributed by atoms with Crippen molar-refractivity contribution in [2.45, 2.75) is 44.5 Å². The summed E-state index contributed by atoms with van der Waals surface area (Å²) in [6, 6.07) is 14.2. The van der Waals surface area contributed by atoms with Crippen molar-refractivity contribution in [2.75, 3.05) is 23.1 Å². The molecule has 3 heterocycles. The Morgan fingerprint density at radius 2 is 1.95 bits per heavy atom. The Labute approximate surface area is 226 Å². The Hall–Kier alpha value is -3.83. The molecule has 1 saturated heterocycles. The third-order valence-electron chi connectivity index (χ3n) is 6.66. The molecule has 1 fully saturated rings. The van der Waals surface area contributed by atoms with Gasteiger partial charge in [0.2, 0.25) is 16.0 Å². The van der Waals surface area contributed by atoms with Gasteiger partial charge >= 0.3 is 0 Å². The van der Waals surface area contributed by atoms with E-state index in [4.69, 9.17) is 0 Å². The van der Waals surface area contributed by atoms with Gasteiger partial charge in [0.1, 0.15) is 11.5 Å². The average molecular weight is 551 g/mol. The number of halogens is 1. The molecule has 1 aliphatic heterocycles. The number of pyridine rings is 1. The van der Waals surface area contributed by atoms with Crippen molar-refractivity contribution in [1.82, 2.24) is 19.9 Å². The summed E-state index contributed by atoms with van der Waals surface area (Å²) in [5, 5.41) is 7.34. The number of nitrogens with one attached hydrogen (secondary N) is 3. The van der Waals surface area contributed by atoms with Gasteiger partial charge in [0.25, 0.3) is 5.56 Å². The van der Waals surface area contributed by atoms with E-state index in [1.54, 1.807) is 47.2 Å². The molecular formula is C28H31FN6O3S. The van der Waals surface area contributed by atoms with Gasteiger partial charge in [-0.05, 0) is 62.6 Å². The van der Waals surface area contributed by atoms with Crippen molar-refractivity contribution in [3.8, 4) is 11.1 Å². The van der Waals surface area contributed by atoms with E-state index in [1.165, 1.54) is 12.1 Å². The maximum absolute atomic E-state index is 14.7. The molecular weight excluding hydrogens is 519 g/mol. The van der Waals surface area contributed by atoms with Gasteiger partial charge in [-0.2, -0.15) is 4.98 Å². The van der Waals surface area contributed by atoms with Crippen LogP contribution in [0.4, 0.5) is 16.0 Å².